The van der Waals surface area contributed by atoms with E-state index in [1.54, 1.807) is 12.1 Å². The summed E-state index contributed by atoms with van der Waals surface area (Å²) in [6, 6.07) is 5.32. The molecule has 0 aliphatic rings. The largest absolute Gasteiger partial charge is 0.399 e. The van der Waals surface area contributed by atoms with Crippen LogP contribution in [0, 0.1) is 11.8 Å². The fraction of sp³-hybridized carbons (Fsp3) is 0.417. The van der Waals surface area contributed by atoms with E-state index in [-0.39, 0.29) is 11.7 Å². The molecular formula is C12H16BrNO. The van der Waals surface area contributed by atoms with Gasteiger partial charge >= 0.3 is 0 Å². The third-order valence-corrected chi connectivity index (χ3v) is 3.36. The third kappa shape index (κ3) is 2.81. The van der Waals surface area contributed by atoms with E-state index in [0.717, 1.165) is 4.47 Å². The minimum Gasteiger partial charge on any atom is -0.399 e. The van der Waals surface area contributed by atoms with Crippen LogP contribution in [0.15, 0.2) is 22.7 Å². The molecule has 2 nitrogen and oxygen atoms in total. The van der Waals surface area contributed by atoms with Gasteiger partial charge in [0.2, 0.25) is 0 Å². The molecule has 1 atom stereocenters. The molecule has 0 radical (unpaired) electrons. The first-order valence-electron chi connectivity index (χ1n) is 5.02. The molecule has 1 aromatic carbocycles. The highest BCUT2D eigenvalue weighted by Gasteiger charge is 2.20. The van der Waals surface area contributed by atoms with Crippen LogP contribution in [0.2, 0.25) is 0 Å². The first kappa shape index (κ1) is 12.2. The summed E-state index contributed by atoms with van der Waals surface area (Å²) in [5.41, 5.74) is 6.97. The molecule has 0 spiro atoms. The highest BCUT2D eigenvalue weighted by atomic mass is 79.9. The van der Waals surface area contributed by atoms with E-state index >= 15 is 0 Å². The number of hydrogen-bond donors (Lipinski definition) is 1. The number of benzene rings is 1. The van der Waals surface area contributed by atoms with Crippen LogP contribution in [0.5, 0.6) is 0 Å². The van der Waals surface area contributed by atoms with Crippen molar-refractivity contribution in [3.63, 3.8) is 0 Å². The number of carbonyl (C=O) groups is 1. The lowest BCUT2D eigenvalue weighted by atomic mass is 9.89. The molecule has 2 N–H and O–H groups in total. The van der Waals surface area contributed by atoms with E-state index in [2.05, 4.69) is 15.9 Å². The number of hydrogen-bond acceptors (Lipinski definition) is 2. The Morgan fingerprint density at radius 3 is 2.47 bits per heavy atom. The van der Waals surface area contributed by atoms with Gasteiger partial charge in [0.15, 0.2) is 5.78 Å². The van der Waals surface area contributed by atoms with Crippen molar-refractivity contribution in [3.8, 4) is 0 Å². The van der Waals surface area contributed by atoms with Gasteiger partial charge in [0.1, 0.15) is 0 Å². The number of carbonyl (C=O) groups excluding carboxylic acids is 1. The number of ketones is 1. The number of anilines is 1. The summed E-state index contributed by atoms with van der Waals surface area (Å²) in [6.07, 6.45) is 0. The van der Waals surface area contributed by atoms with Gasteiger partial charge in [-0.05, 0) is 24.1 Å². The monoisotopic (exact) mass is 269 g/mol. The van der Waals surface area contributed by atoms with Crippen LogP contribution in [0.4, 0.5) is 5.69 Å². The summed E-state index contributed by atoms with van der Waals surface area (Å²) in [7, 11) is 0. The van der Waals surface area contributed by atoms with Crippen molar-refractivity contribution in [1.29, 1.82) is 0 Å². The van der Waals surface area contributed by atoms with Crippen LogP contribution in [-0.4, -0.2) is 5.78 Å². The zero-order chi connectivity index (χ0) is 11.6. The molecule has 0 saturated carbocycles. The SMILES string of the molecule is CC(C)C(C)C(=O)c1cc(N)ccc1Br. The van der Waals surface area contributed by atoms with Gasteiger partial charge in [0.05, 0.1) is 0 Å². The van der Waals surface area contributed by atoms with Crippen molar-refractivity contribution in [2.24, 2.45) is 11.8 Å². The number of nitrogens with two attached hydrogens (primary N) is 1. The molecule has 0 aromatic heterocycles. The van der Waals surface area contributed by atoms with Crippen molar-refractivity contribution in [2.45, 2.75) is 20.8 Å². The summed E-state index contributed by atoms with van der Waals surface area (Å²) in [4.78, 5) is 12.1. The molecule has 82 valence electrons. The van der Waals surface area contributed by atoms with Gasteiger partial charge in [0.25, 0.3) is 0 Å². The van der Waals surface area contributed by atoms with Crippen molar-refractivity contribution >= 4 is 27.4 Å². The molecule has 0 saturated heterocycles. The molecule has 0 bridgehead atoms. The van der Waals surface area contributed by atoms with Gasteiger partial charge in [-0.1, -0.05) is 36.7 Å². The summed E-state index contributed by atoms with van der Waals surface area (Å²) in [5.74, 6) is 0.498. The molecule has 0 aliphatic carbocycles. The number of rotatable bonds is 3. The van der Waals surface area contributed by atoms with E-state index < -0.39 is 0 Å². The minimum absolute atomic E-state index is 0.0168. The predicted molar refractivity (Wildman–Crippen MR) is 66.9 cm³/mol. The van der Waals surface area contributed by atoms with Crippen LogP contribution < -0.4 is 5.73 Å². The van der Waals surface area contributed by atoms with Crippen LogP contribution >= 0.6 is 15.9 Å². The summed E-state index contributed by atoms with van der Waals surface area (Å²) in [6.45, 7) is 6.04. The standard InChI is InChI=1S/C12H16BrNO/c1-7(2)8(3)12(15)10-6-9(14)4-5-11(10)13/h4-8H,14H2,1-3H3. The lowest BCUT2D eigenvalue weighted by Gasteiger charge is -2.15. The maximum absolute atomic E-state index is 12.1. The summed E-state index contributed by atoms with van der Waals surface area (Å²) < 4.78 is 0.814. The molecule has 3 heteroatoms. The minimum atomic E-state index is 0.0168. The Morgan fingerprint density at radius 1 is 1.33 bits per heavy atom. The van der Waals surface area contributed by atoms with Gasteiger partial charge in [-0.2, -0.15) is 0 Å². The van der Waals surface area contributed by atoms with E-state index in [9.17, 15) is 4.79 Å². The fourth-order valence-corrected chi connectivity index (χ4v) is 1.72. The highest BCUT2D eigenvalue weighted by Crippen LogP contribution is 2.25. The number of halogens is 1. The third-order valence-electron chi connectivity index (χ3n) is 2.67. The van der Waals surface area contributed by atoms with Gasteiger partial charge in [-0.3, -0.25) is 4.79 Å². The molecular weight excluding hydrogens is 254 g/mol. The van der Waals surface area contributed by atoms with E-state index in [1.807, 2.05) is 26.8 Å². The molecule has 15 heavy (non-hydrogen) atoms. The normalized spacial score (nSPS) is 12.9. The number of nitrogen functional groups attached to an aromatic ring is 1. The van der Waals surface area contributed by atoms with E-state index in [0.29, 0.717) is 17.2 Å². The molecule has 1 aromatic rings. The lowest BCUT2D eigenvalue weighted by molar-refractivity contribution is 0.0899. The Kier molecular flexibility index (Phi) is 3.91. The van der Waals surface area contributed by atoms with Crippen molar-refractivity contribution < 1.29 is 4.79 Å². The lowest BCUT2D eigenvalue weighted by Crippen LogP contribution is -2.17. The van der Waals surface area contributed by atoms with Crippen molar-refractivity contribution in [2.75, 3.05) is 5.73 Å². The summed E-state index contributed by atoms with van der Waals surface area (Å²) in [5, 5.41) is 0. The Hall–Kier alpha value is -0.830. The second-order valence-electron chi connectivity index (χ2n) is 4.14. The van der Waals surface area contributed by atoms with Gasteiger partial charge in [-0.15, -0.1) is 0 Å². The average Bonchev–Trinajstić information content (AvgIpc) is 2.19. The second kappa shape index (κ2) is 4.79. The molecule has 0 fully saturated rings. The van der Waals surface area contributed by atoms with Gasteiger partial charge in [0, 0.05) is 21.6 Å². The Morgan fingerprint density at radius 2 is 1.93 bits per heavy atom. The van der Waals surface area contributed by atoms with Crippen LogP contribution in [0.3, 0.4) is 0 Å². The molecule has 1 rings (SSSR count). The first-order chi connectivity index (χ1) is 6.93. The Balaban J connectivity index is 3.05. The maximum Gasteiger partial charge on any atom is 0.167 e. The zero-order valence-corrected chi connectivity index (χ0v) is 10.8. The average molecular weight is 270 g/mol. The quantitative estimate of drug-likeness (QED) is 0.674. The van der Waals surface area contributed by atoms with Crippen LogP contribution in [0.1, 0.15) is 31.1 Å². The van der Waals surface area contributed by atoms with Crippen LogP contribution in [0.25, 0.3) is 0 Å². The highest BCUT2D eigenvalue weighted by molar-refractivity contribution is 9.10. The molecule has 0 aliphatic heterocycles. The summed E-state index contributed by atoms with van der Waals surface area (Å²) >= 11 is 3.37. The zero-order valence-electron chi connectivity index (χ0n) is 9.25. The Labute approximate surface area is 99.0 Å². The topological polar surface area (TPSA) is 43.1 Å². The van der Waals surface area contributed by atoms with Crippen molar-refractivity contribution in [1.82, 2.24) is 0 Å². The smallest absolute Gasteiger partial charge is 0.167 e. The van der Waals surface area contributed by atoms with Gasteiger partial charge < -0.3 is 5.73 Å². The molecule has 0 amide bonds. The van der Waals surface area contributed by atoms with Crippen molar-refractivity contribution in [3.05, 3.63) is 28.2 Å². The molecule has 0 heterocycles. The van der Waals surface area contributed by atoms with Gasteiger partial charge in [-0.25, -0.2) is 0 Å². The number of Topliss-reactive ketones (excluding diaryl/α,β-unsaturated/α-hetero) is 1. The van der Waals surface area contributed by atoms with E-state index in [4.69, 9.17) is 5.73 Å². The maximum atomic E-state index is 12.1. The van der Waals surface area contributed by atoms with Crippen LogP contribution in [-0.2, 0) is 0 Å². The second-order valence-corrected chi connectivity index (χ2v) is 4.99. The fourth-order valence-electron chi connectivity index (χ4n) is 1.28. The first-order valence-corrected chi connectivity index (χ1v) is 5.82. The molecule has 1 unspecified atom stereocenters. The van der Waals surface area contributed by atoms with E-state index in [1.165, 1.54) is 0 Å². The Bertz CT molecular complexity index is 374. The predicted octanol–water partition coefficient (Wildman–Crippen LogP) is 3.51.